The molecular weight excluding hydrogens is 398 g/mol. The van der Waals surface area contributed by atoms with Crippen LogP contribution in [0.1, 0.15) is 15.9 Å². The number of rotatable bonds is 6. The number of sulfonamides is 1. The normalized spacial score (nSPS) is 10.7. The van der Waals surface area contributed by atoms with Gasteiger partial charge in [0, 0.05) is 11.3 Å². The van der Waals surface area contributed by atoms with Crippen LogP contribution in [0, 0.1) is 11.3 Å². The summed E-state index contributed by atoms with van der Waals surface area (Å²) in [6, 6.07) is 15.6. The van der Waals surface area contributed by atoms with Crippen molar-refractivity contribution < 1.29 is 17.9 Å². The third-order valence-electron chi connectivity index (χ3n) is 3.78. The van der Waals surface area contributed by atoms with Gasteiger partial charge in [0.15, 0.2) is 0 Å². The third kappa shape index (κ3) is 4.31. The van der Waals surface area contributed by atoms with E-state index in [2.05, 4.69) is 10.0 Å². The molecule has 0 radical (unpaired) electrons. The molecule has 0 fully saturated rings. The molecule has 3 rings (SSSR count). The first kappa shape index (κ1) is 19.4. The minimum atomic E-state index is -3.76. The SMILES string of the molecule is COc1ccc(S(=O)(=O)Nc2ccc(C(=O)Nc3sccc3C#N)cc2)cc1. The van der Waals surface area contributed by atoms with Gasteiger partial charge in [0.2, 0.25) is 0 Å². The van der Waals surface area contributed by atoms with Gasteiger partial charge in [-0.15, -0.1) is 11.3 Å². The minimum Gasteiger partial charge on any atom is -0.497 e. The van der Waals surface area contributed by atoms with Gasteiger partial charge in [0.05, 0.1) is 17.6 Å². The summed E-state index contributed by atoms with van der Waals surface area (Å²) >= 11 is 1.25. The Balaban J connectivity index is 1.71. The molecule has 0 spiro atoms. The van der Waals surface area contributed by atoms with Crippen LogP contribution in [0.15, 0.2) is 64.9 Å². The van der Waals surface area contributed by atoms with Crippen molar-refractivity contribution in [3.8, 4) is 11.8 Å². The number of nitrogens with zero attached hydrogens (tertiary/aromatic N) is 1. The van der Waals surface area contributed by atoms with Crippen LogP contribution in [0.2, 0.25) is 0 Å². The number of carbonyl (C=O) groups excluding carboxylic acids is 1. The Kier molecular flexibility index (Phi) is 5.63. The zero-order valence-corrected chi connectivity index (χ0v) is 16.3. The Hall–Kier alpha value is -3.35. The Morgan fingerprint density at radius 2 is 1.75 bits per heavy atom. The van der Waals surface area contributed by atoms with Crippen molar-refractivity contribution in [3.63, 3.8) is 0 Å². The second kappa shape index (κ2) is 8.12. The summed E-state index contributed by atoms with van der Waals surface area (Å²) < 4.78 is 32.4. The fourth-order valence-electron chi connectivity index (χ4n) is 2.33. The highest BCUT2D eigenvalue weighted by atomic mass is 32.2. The molecule has 1 amide bonds. The second-order valence-electron chi connectivity index (χ2n) is 5.59. The summed E-state index contributed by atoms with van der Waals surface area (Å²) in [4.78, 5) is 12.4. The van der Waals surface area contributed by atoms with Gasteiger partial charge in [-0.2, -0.15) is 5.26 Å². The first-order valence-corrected chi connectivity index (χ1v) is 10.3. The minimum absolute atomic E-state index is 0.0943. The molecule has 0 bridgehead atoms. The number of nitrogens with one attached hydrogen (secondary N) is 2. The number of methoxy groups -OCH3 is 1. The van der Waals surface area contributed by atoms with E-state index in [0.29, 0.717) is 27.6 Å². The van der Waals surface area contributed by atoms with Crippen LogP contribution in [-0.2, 0) is 10.0 Å². The molecule has 1 heterocycles. The number of amides is 1. The molecular formula is C19H15N3O4S2. The molecule has 2 N–H and O–H groups in total. The number of anilines is 2. The van der Waals surface area contributed by atoms with Gasteiger partial charge in [-0.25, -0.2) is 8.42 Å². The van der Waals surface area contributed by atoms with Crippen LogP contribution in [0.25, 0.3) is 0 Å². The second-order valence-corrected chi connectivity index (χ2v) is 8.19. The highest BCUT2D eigenvalue weighted by Crippen LogP contribution is 2.23. The van der Waals surface area contributed by atoms with E-state index in [4.69, 9.17) is 10.00 Å². The van der Waals surface area contributed by atoms with Crippen LogP contribution < -0.4 is 14.8 Å². The van der Waals surface area contributed by atoms with Gasteiger partial charge in [-0.05, 0) is 60.0 Å². The largest absolute Gasteiger partial charge is 0.497 e. The average Bonchev–Trinajstić information content (AvgIpc) is 3.15. The van der Waals surface area contributed by atoms with Crippen LogP contribution in [0.4, 0.5) is 10.7 Å². The van der Waals surface area contributed by atoms with E-state index in [1.807, 2.05) is 6.07 Å². The molecule has 7 nitrogen and oxygen atoms in total. The molecule has 3 aromatic rings. The summed E-state index contributed by atoms with van der Waals surface area (Å²) in [6.07, 6.45) is 0. The highest BCUT2D eigenvalue weighted by molar-refractivity contribution is 7.92. The van der Waals surface area contributed by atoms with Crippen molar-refractivity contribution in [2.45, 2.75) is 4.90 Å². The predicted octanol–water partition coefficient (Wildman–Crippen LogP) is 3.68. The standard InChI is InChI=1S/C19H15N3O4S2/c1-26-16-6-8-17(9-7-16)28(24,25)22-15-4-2-13(3-5-15)18(23)21-19-14(12-20)10-11-27-19/h2-11,22H,1H3,(H,21,23). The van der Waals surface area contributed by atoms with Crippen LogP contribution in [0.3, 0.4) is 0 Å². The molecule has 0 saturated carbocycles. The van der Waals surface area contributed by atoms with Gasteiger partial charge in [-0.1, -0.05) is 0 Å². The van der Waals surface area contributed by atoms with Crippen molar-refractivity contribution in [2.75, 3.05) is 17.1 Å². The first-order chi connectivity index (χ1) is 13.4. The number of ether oxygens (including phenoxy) is 1. The Morgan fingerprint density at radius 3 is 2.36 bits per heavy atom. The summed E-state index contributed by atoms with van der Waals surface area (Å²) in [5, 5.41) is 13.8. The maximum Gasteiger partial charge on any atom is 0.261 e. The molecule has 1 aromatic heterocycles. The number of hydrogen-bond donors (Lipinski definition) is 2. The maximum absolute atomic E-state index is 12.4. The van der Waals surface area contributed by atoms with Crippen LogP contribution in [0.5, 0.6) is 5.75 Å². The van der Waals surface area contributed by atoms with E-state index in [1.54, 1.807) is 23.6 Å². The van der Waals surface area contributed by atoms with E-state index in [1.165, 1.54) is 54.8 Å². The van der Waals surface area contributed by atoms with Crippen LogP contribution >= 0.6 is 11.3 Å². The van der Waals surface area contributed by atoms with Gasteiger partial charge >= 0.3 is 0 Å². The van der Waals surface area contributed by atoms with E-state index in [0.717, 1.165) is 0 Å². The molecule has 0 aliphatic carbocycles. The Bertz CT molecular complexity index is 1130. The molecule has 0 aliphatic heterocycles. The number of benzene rings is 2. The number of thiophene rings is 1. The number of nitriles is 1. The molecule has 9 heteroatoms. The van der Waals surface area contributed by atoms with Gasteiger partial charge in [0.1, 0.15) is 16.8 Å². The molecule has 2 aromatic carbocycles. The van der Waals surface area contributed by atoms with E-state index in [-0.39, 0.29) is 10.8 Å². The topological polar surface area (TPSA) is 108 Å². The summed E-state index contributed by atoms with van der Waals surface area (Å²) in [7, 11) is -2.26. The lowest BCUT2D eigenvalue weighted by Crippen LogP contribution is -2.14. The number of hydrogen-bond acceptors (Lipinski definition) is 6. The predicted molar refractivity (Wildman–Crippen MR) is 107 cm³/mol. The van der Waals surface area contributed by atoms with E-state index in [9.17, 15) is 13.2 Å². The van der Waals surface area contributed by atoms with E-state index >= 15 is 0 Å². The molecule has 142 valence electrons. The molecule has 0 unspecified atom stereocenters. The summed E-state index contributed by atoms with van der Waals surface area (Å²) in [5.41, 5.74) is 1.05. The average molecular weight is 413 g/mol. The zero-order valence-electron chi connectivity index (χ0n) is 14.7. The molecule has 28 heavy (non-hydrogen) atoms. The summed E-state index contributed by atoms with van der Waals surface area (Å²) in [5.74, 6) is 0.170. The molecule has 0 saturated heterocycles. The fourth-order valence-corrected chi connectivity index (χ4v) is 4.12. The Morgan fingerprint density at radius 1 is 1.07 bits per heavy atom. The lowest BCUT2D eigenvalue weighted by molar-refractivity contribution is 0.102. The van der Waals surface area contributed by atoms with Gasteiger partial charge in [0.25, 0.3) is 15.9 Å². The summed E-state index contributed by atoms with van der Waals surface area (Å²) in [6.45, 7) is 0. The van der Waals surface area contributed by atoms with Gasteiger partial charge < -0.3 is 10.1 Å². The Labute approximate surface area is 166 Å². The van der Waals surface area contributed by atoms with Crippen molar-refractivity contribution >= 4 is 38.0 Å². The van der Waals surface area contributed by atoms with Crippen molar-refractivity contribution in [1.82, 2.24) is 0 Å². The van der Waals surface area contributed by atoms with Crippen molar-refractivity contribution in [2.24, 2.45) is 0 Å². The van der Waals surface area contributed by atoms with Gasteiger partial charge in [-0.3, -0.25) is 9.52 Å². The number of carbonyl (C=O) groups is 1. The molecule has 0 atom stereocenters. The molecule has 0 aliphatic rings. The van der Waals surface area contributed by atoms with Crippen molar-refractivity contribution in [1.29, 1.82) is 5.26 Å². The fraction of sp³-hybridized carbons (Fsp3) is 0.0526. The zero-order chi connectivity index (χ0) is 20.1. The monoisotopic (exact) mass is 413 g/mol. The maximum atomic E-state index is 12.4. The quantitative estimate of drug-likeness (QED) is 0.641. The highest BCUT2D eigenvalue weighted by Gasteiger charge is 2.15. The smallest absolute Gasteiger partial charge is 0.261 e. The lowest BCUT2D eigenvalue weighted by Gasteiger charge is -2.09. The van der Waals surface area contributed by atoms with Crippen molar-refractivity contribution in [3.05, 3.63) is 71.1 Å². The van der Waals surface area contributed by atoms with E-state index < -0.39 is 10.0 Å². The van der Waals surface area contributed by atoms with Crippen LogP contribution in [-0.4, -0.2) is 21.4 Å². The third-order valence-corrected chi connectivity index (χ3v) is 6.01. The first-order valence-electron chi connectivity index (χ1n) is 7.99. The lowest BCUT2D eigenvalue weighted by atomic mass is 10.2.